The number of hydrogen-bond acceptors (Lipinski definition) is 5. The second-order valence-corrected chi connectivity index (χ2v) is 9.77. The lowest BCUT2D eigenvalue weighted by Gasteiger charge is -2.11. The van der Waals surface area contributed by atoms with E-state index in [-0.39, 0.29) is 36.8 Å². The van der Waals surface area contributed by atoms with Crippen LogP contribution in [0.25, 0.3) is 22.4 Å². The van der Waals surface area contributed by atoms with Gasteiger partial charge in [-0.3, -0.25) is 15.0 Å². The van der Waals surface area contributed by atoms with Crippen molar-refractivity contribution in [3.05, 3.63) is 89.5 Å². The number of rotatable bonds is 12. The first-order valence-corrected chi connectivity index (χ1v) is 13.3. The molecule has 39 heavy (non-hydrogen) atoms. The summed E-state index contributed by atoms with van der Waals surface area (Å²) < 4.78 is 7.30. The van der Waals surface area contributed by atoms with E-state index in [9.17, 15) is 9.59 Å². The Balaban J connectivity index is 1.53. The fourth-order valence-corrected chi connectivity index (χ4v) is 4.46. The van der Waals surface area contributed by atoms with Crippen LogP contribution in [0.2, 0.25) is 0 Å². The lowest BCUT2D eigenvalue weighted by atomic mass is 10.1. The van der Waals surface area contributed by atoms with Crippen LogP contribution in [0, 0.1) is 5.41 Å². The minimum Gasteiger partial charge on any atom is -0.463 e. The van der Waals surface area contributed by atoms with E-state index in [4.69, 9.17) is 20.9 Å². The van der Waals surface area contributed by atoms with Gasteiger partial charge in [-0.2, -0.15) is 0 Å². The van der Waals surface area contributed by atoms with Gasteiger partial charge in [0.1, 0.15) is 11.7 Å². The zero-order valence-corrected chi connectivity index (χ0v) is 22.4. The number of amidine groups is 1. The van der Waals surface area contributed by atoms with E-state index < -0.39 is 0 Å². The summed E-state index contributed by atoms with van der Waals surface area (Å²) >= 11 is 0. The molecule has 8 nitrogen and oxygen atoms in total. The number of nitrogens with zero attached hydrogens (tertiary/aromatic N) is 2. The van der Waals surface area contributed by atoms with Gasteiger partial charge in [0.2, 0.25) is 0 Å². The molecule has 4 rings (SSSR count). The monoisotopic (exact) mass is 525 g/mol. The van der Waals surface area contributed by atoms with Gasteiger partial charge >= 0.3 is 5.97 Å². The van der Waals surface area contributed by atoms with Crippen LogP contribution in [0.3, 0.4) is 0 Å². The number of nitrogens with one attached hydrogen (secondary N) is 2. The van der Waals surface area contributed by atoms with Gasteiger partial charge in [0.25, 0.3) is 5.91 Å². The van der Waals surface area contributed by atoms with Crippen molar-refractivity contribution in [2.75, 3.05) is 6.54 Å². The maximum atomic E-state index is 12.8. The highest BCUT2D eigenvalue weighted by molar-refractivity contribution is 5.98. The molecule has 1 aromatic heterocycles. The van der Waals surface area contributed by atoms with Gasteiger partial charge in [-0.05, 0) is 56.9 Å². The lowest BCUT2D eigenvalue weighted by Crippen LogP contribution is -2.27. The first-order valence-electron chi connectivity index (χ1n) is 13.3. The molecule has 0 radical (unpaired) electrons. The van der Waals surface area contributed by atoms with Gasteiger partial charge < -0.3 is 20.4 Å². The molecule has 4 aromatic rings. The molecule has 1 amide bonds. The largest absolute Gasteiger partial charge is 0.463 e. The molecule has 1 heterocycles. The van der Waals surface area contributed by atoms with Crippen LogP contribution in [0.1, 0.15) is 54.6 Å². The summed E-state index contributed by atoms with van der Waals surface area (Å²) in [4.78, 5) is 29.4. The number of unbranched alkanes of at least 4 members (excludes halogenated alkanes) is 1. The Hall–Kier alpha value is -4.46. The van der Waals surface area contributed by atoms with Crippen molar-refractivity contribution < 1.29 is 14.3 Å². The molecule has 0 fully saturated rings. The van der Waals surface area contributed by atoms with Crippen LogP contribution < -0.4 is 11.1 Å². The Kier molecular flexibility index (Phi) is 9.10. The number of aryl methyl sites for hydroxylation is 2. The van der Waals surface area contributed by atoms with Gasteiger partial charge in [-0.15, -0.1) is 0 Å². The first kappa shape index (κ1) is 27.6. The third-order valence-electron chi connectivity index (χ3n) is 6.39. The molecule has 0 spiro atoms. The van der Waals surface area contributed by atoms with Gasteiger partial charge in [0, 0.05) is 29.8 Å². The minimum absolute atomic E-state index is 0.0177. The van der Waals surface area contributed by atoms with E-state index in [1.165, 1.54) is 5.56 Å². The first-order chi connectivity index (χ1) is 18.8. The summed E-state index contributed by atoms with van der Waals surface area (Å²) in [5, 5.41) is 10.5. The number of ether oxygens (including phenoxy) is 1. The van der Waals surface area contributed by atoms with E-state index in [0.717, 1.165) is 48.2 Å². The number of nitrogens with two attached hydrogens (primary N) is 1. The van der Waals surface area contributed by atoms with E-state index in [0.29, 0.717) is 11.1 Å². The Morgan fingerprint density at radius 2 is 1.72 bits per heavy atom. The number of fused-ring (bicyclic) bond motifs is 1. The summed E-state index contributed by atoms with van der Waals surface area (Å²) in [6, 6.07) is 23.4. The van der Waals surface area contributed by atoms with Crippen LogP contribution in [-0.4, -0.2) is 39.9 Å². The Labute approximate surface area is 228 Å². The predicted molar refractivity (Wildman–Crippen MR) is 154 cm³/mol. The highest BCUT2D eigenvalue weighted by Crippen LogP contribution is 2.27. The zero-order valence-electron chi connectivity index (χ0n) is 22.4. The molecule has 8 heteroatoms. The SMILES string of the molecule is CC(C)OC(=O)CCNC(=O)c1ccc2c(c1)nc(-c1ccc(C(=N)N)cc1)n2CCCCc1ccccc1. The molecular formula is C31H35N5O3. The Bertz CT molecular complexity index is 1440. The number of carbonyl (C=O) groups excluding carboxylic acids is 2. The molecule has 0 aliphatic carbocycles. The summed E-state index contributed by atoms with van der Waals surface area (Å²) in [6.07, 6.45) is 2.94. The second-order valence-electron chi connectivity index (χ2n) is 9.77. The number of carbonyl (C=O) groups is 2. The molecule has 0 saturated carbocycles. The lowest BCUT2D eigenvalue weighted by molar-refractivity contribution is -0.147. The van der Waals surface area contributed by atoms with Crippen molar-refractivity contribution in [1.82, 2.24) is 14.9 Å². The maximum Gasteiger partial charge on any atom is 0.307 e. The number of amides is 1. The van der Waals surface area contributed by atoms with Gasteiger partial charge in [0.15, 0.2) is 0 Å². The molecule has 0 aliphatic heterocycles. The normalized spacial score (nSPS) is 11.1. The van der Waals surface area contributed by atoms with Gasteiger partial charge in [0.05, 0.1) is 23.6 Å². The molecule has 3 aromatic carbocycles. The average Bonchev–Trinajstić information content (AvgIpc) is 3.29. The number of hydrogen-bond donors (Lipinski definition) is 3. The van der Waals surface area contributed by atoms with Crippen molar-refractivity contribution in [2.45, 2.75) is 52.2 Å². The molecular weight excluding hydrogens is 490 g/mol. The predicted octanol–water partition coefficient (Wildman–Crippen LogP) is 5.08. The van der Waals surface area contributed by atoms with Gasteiger partial charge in [-0.25, -0.2) is 4.98 Å². The van der Waals surface area contributed by atoms with E-state index in [2.05, 4.69) is 34.1 Å². The minimum atomic E-state index is -0.341. The summed E-state index contributed by atoms with van der Waals surface area (Å²) in [5.41, 5.74) is 10.7. The topological polar surface area (TPSA) is 123 Å². The number of esters is 1. The molecule has 0 bridgehead atoms. The van der Waals surface area contributed by atoms with Crippen molar-refractivity contribution in [1.29, 1.82) is 5.41 Å². The summed E-state index contributed by atoms with van der Waals surface area (Å²) in [7, 11) is 0. The second kappa shape index (κ2) is 12.9. The molecule has 0 unspecified atom stereocenters. The van der Waals surface area contributed by atoms with E-state index in [1.807, 2.05) is 36.4 Å². The smallest absolute Gasteiger partial charge is 0.307 e. The number of benzene rings is 3. The molecule has 202 valence electrons. The van der Waals surface area contributed by atoms with Crippen LogP contribution >= 0.6 is 0 Å². The zero-order chi connectivity index (χ0) is 27.8. The summed E-state index contributed by atoms with van der Waals surface area (Å²) in [6.45, 7) is 4.56. The standard InChI is InChI=1S/C31H35N5O3/c1-21(2)39-28(37)17-18-34-31(38)25-15-16-27-26(20-25)35-30(24-13-11-23(12-14-24)29(32)33)36(27)19-7-6-10-22-8-4-3-5-9-22/h3-5,8-9,11-16,20-21H,6-7,10,17-19H2,1-2H3,(H3,32,33)(H,34,38). The van der Waals surface area contributed by atoms with Crippen molar-refractivity contribution in [3.8, 4) is 11.4 Å². The van der Waals surface area contributed by atoms with E-state index in [1.54, 1.807) is 26.0 Å². The van der Waals surface area contributed by atoms with Crippen molar-refractivity contribution in [2.24, 2.45) is 5.73 Å². The highest BCUT2D eigenvalue weighted by atomic mass is 16.5. The Morgan fingerprint density at radius 1 is 1.00 bits per heavy atom. The highest BCUT2D eigenvalue weighted by Gasteiger charge is 2.16. The van der Waals surface area contributed by atoms with Crippen LogP contribution in [0.15, 0.2) is 72.8 Å². The van der Waals surface area contributed by atoms with Crippen LogP contribution in [-0.2, 0) is 22.5 Å². The molecule has 4 N–H and O–H groups in total. The number of aromatic nitrogens is 2. The number of nitrogen functional groups attached to an aromatic ring is 1. The molecule has 0 atom stereocenters. The van der Waals surface area contributed by atoms with Crippen molar-refractivity contribution in [3.63, 3.8) is 0 Å². The third-order valence-corrected chi connectivity index (χ3v) is 6.39. The fraction of sp³-hybridized carbons (Fsp3) is 0.290. The van der Waals surface area contributed by atoms with Crippen LogP contribution in [0.4, 0.5) is 0 Å². The Morgan fingerprint density at radius 3 is 2.41 bits per heavy atom. The summed E-state index contributed by atoms with van der Waals surface area (Å²) in [5.74, 6) is 0.212. The average molecular weight is 526 g/mol. The quantitative estimate of drug-likeness (QED) is 0.103. The molecule has 0 aliphatic rings. The fourth-order valence-electron chi connectivity index (χ4n) is 4.46. The maximum absolute atomic E-state index is 12.8. The van der Waals surface area contributed by atoms with E-state index >= 15 is 0 Å². The third kappa shape index (κ3) is 7.31. The number of imidazole rings is 1. The van der Waals surface area contributed by atoms with Gasteiger partial charge in [-0.1, -0.05) is 54.6 Å². The van der Waals surface area contributed by atoms with Crippen LogP contribution in [0.5, 0.6) is 0 Å². The molecule has 0 saturated heterocycles. The van der Waals surface area contributed by atoms with Crippen molar-refractivity contribution >= 4 is 28.7 Å².